The van der Waals surface area contributed by atoms with Crippen LogP contribution in [-0.2, 0) is 22.5 Å². The maximum Gasteiger partial charge on any atom is 0.410 e. The highest BCUT2D eigenvalue weighted by Gasteiger charge is 2.52. The van der Waals surface area contributed by atoms with Crippen LogP contribution in [0.15, 0.2) is 128 Å². The third kappa shape index (κ3) is 8.50. The summed E-state index contributed by atoms with van der Waals surface area (Å²) >= 11 is 0. The van der Waals surface area contributed by atoms with E-state index in [4.69, 9.17) is 14.4 Å². The van der Waals surface area contributed by atoms with Crippen LogP contribution >= 0.6 is 0 Å². The van der Waals surface area contributed by atoms with Gasteiger partial charge in [0, 0.05) is 43.3 Å². The summed E-state index contributed by atoms with van der Waals surface area (Å²) < 4.78 is 29.6. The van der Waals surface area contributed by atoms with Crippen LogP contribution in [0, 0.1) is 17.1 Å². The maximum absolute atomic E-state index is 14.6. The van der Waals surface area contributed by atoms with Gasteiger partial charge in [-0.15, -0.1) is 0 Å². The number of halogens is 1. The maximum atomic E-state index is 14.6. The minimum absolute atomic E-state index is 0.0181. The van der Waals surface area contributed by atoms with Crippen molar-refractivity contribution in [3.05, 3.63) is 150 Å². The predicted octanol–water partition coefficient (Wildman–Crippen LogP) is 8.62. The van der Waals surface area contributed by atoms with Gasteiger partial charge in [0.25, 0.3) is 0 Å². The van der Waals surface area contributed by atoms with Crippen LogP contribution in [0.2, 0.25) is 5.04 Å². The Morgan fingerprint density at radius 3 is 2.24 bits per heavy atom. The van der Waals surface area contributed by atoms with Crippen molar-refractivity contribution in [3.8, 4) is 11.8 Å². The molecule has 1 aromatic heterocycles. The molecule has 11 heteroatoms. The van der Waals surface area contributed by atoms with Crippen molar-refractivity contribution in [2.75, 3.05) is 18.0 Å². The highest BCUT2D eigenvalue weighted by Crippen LogP contribution is 2.40. The lowest BCUT2D eigenvalue weighted by Crippen LogP contribution is -2.68. The van der Waals surface area contributed by atoms with Gasteiger partial charge in [-0.05, 0) is 83.9 Å². The topological polar surface area (TPSA) is 101 Å². The van der Waals surface area contributed by atoms with E-state index in [0.29, 0.717) is 31.5 Å². The Morgan fingerprint density at radius 1 is 0.915 bits per heavy atom. The fourth-order valence-electron chi connectivity index (χ4n) is 8.13. The van der Waals surface area contributed by atoms with Crippen LogP contribution in [0.3, 0.4) is 0 Å². The molecular weight excluding hydrogens is 758 g/mol. The van der Waals surface area contributed by atoms with E-state index >= 15 is 0 Å². The standard InChI is InChI=1S/C48H50FN5O4Si/c1-47(2,3)57-46(56)54(26-24-37-31-51-33-52(37)32-34-20-21-36(30-50)42(49)28-34)44-25-27-53(45(44)55)43-19-13-14-35-22-23-38(29-41(35)43)58-59(48(4,5)6,39-15-9-7-10-16-39)40-17-11-8-12-18-40/h7-23,28-29,31,33,44H,24-27,32H2,1-6H3. The number of nitriles is 1. The van der Waals surface area contributed by atoms with Gasteiger partial charge >= 0.3 is 14.4 Å². The Labute approximate surface area is 346 Å². The van der Waals surface area contributed by atoms with Gasteiger partial charge in [0.1, 0.15) is 29.3 Å². The van der Waals surface area contributed by atoms with Gasteiger partial charge in [0.2, 0.25) is 5.91 Å². The van der Waals surface area contributed by atoms with Crippen LogP contribution in [0.25, 0.3) is 10.8 Å². The molecule has 5 aromatic carbocycles. The highest BCUT2D eigenvalue weighted by molar-refractivity contribution is 7.00. The number of hydrogen-bond donors (Lipinski definition) is 0. The molecule has 0 N–H and O–H groups in total. The summed E-state index contributed by atoms with van der Waals surface area (Å²) in [5.74, 6) is -0.0531. The monoisotopic (exact) mass is 807 g/mol. The molecule has 1 aliphatic heterocycles. The van der Waals surface area contributed by atoms with Gasteiger partial charge in [0.05, 0.1) is 17.6 Å². The van der Waals surface area contributed by atoms with Gasteiger partial charge in [-0.2, -0.15) is 5.26 Å². The minimum Gasteiger partial charge on any atom is -0.534 e. The Hall–Kier alpha value is -6.25. The van der Waals surface area contributed by atoms with Crippen LogP contribution < -0.4 is 19.7 Å². The van der Waals surface area contributed by atoms with E-state index in [2.05, 4.69) is 80.4 Å². The van der Waals surface area contributed by atoms with Gasteiger partial charge in [0.15, 0.2) is 0 Å². The molecule has 0 aliphatic carbocycles. The molecule has 59 heavy (non-hydrogen) atoms. The molecule has 0 bridgehead atoms. The quantitative estimate of drug-likeness (QED) is 0.122. The first-order valence-corrected chi connectivity index (χ1v) is 21.9. The molecule has 302 valence electrons. The van der Waals surface area contributed by atoms with Crippen molar-refractivity contribution in [2.45, 2.75) is 77.6 Å². The van der Waals surface area contributed by atoms with Gasteiger partial charge in [-0.1, -0.05) is 106 Å². The second kappa shape index (κ2) is 16.5. The normalized spacial score (nSPS) is 14.6. The smallest absolute Gasteiger partial charge is 0.410 e. The summed E-state index contributed by atoms with van der Waals surface area (Å²) in [5, 5.41) is 13.1. The Bertz CT molecular complexity index is 2470. The number of nitrogens with zero attached hydrogens (tertiary/aromatic N) is 5. The molecule has 0 spiro atoms. The number of hydrogen-bond acceptors (Lipinski definition) is 6. The van der Waals surface area contributed by atoms with E-state index in [1.54, 1.807) is 44.3 Å². The summed E-state index contributed by atoms with van der Waals surface area (Å²) in [6.45, 7) is 13.1. The lowest BCUT2D eigenvalue weighted by atomic mass is 10.1. The molecule has 0 saturated carbocycles. The highest BCUT2D eigenvalue weighted by atomic mass is 28.4. The number of carbonyl (C=O) groups excluding carboxylic acids is 2. The summed E-state index contributed by atoms with van der Waals surface area (Å²) in [4.78, 5) is 36.1. The molecular formula is C48H50FN5O4Si. The molecule has 2 amide bonds. The van der Waals surface area contributed by atoms with E-state index in [1.165, 1.54) is 17.0 Å². The molecule has 1 fully saturated rings. The minimum atomic E-state index is -2.94. The first kappa shape index (κ1) is 40.9. The molecule has 1 atom stereocenters. The number of rotatable bonds is 11. The average molecular weight is 808 g/mol. The molecule has 1 saturated heterocycles. The number of carbonyl (C=O) groups is 2. The van der Waals surface area contributed by atoms with Crippen molar-refractivity contribution < 1.29 is 23.1 Å². The van der Waals surface area contributed by atoms with Crippen molar-refractivity contribution in [1.82, 2.24) is 14.5 Å². The number of ether oxygens (including phenoxy) is 1. The van der Waals surface area contributed by atoms with Gasteiger partial charge in [-0.3, -0.25) is 9.69 Å². The second-order valence-electron chi connectivity index (χ2n) is 17.1. The SMILES string of the molecule is CC(C)(C)OC(=O)N(CCc1cncn1Cc1ccc(C#N)c(F)c1)C1CCN(c2cccc3ccc(O[Si](c4ccccc4)(c4ccccc4)C(C)(C)C)cc23)C1=O. The molecule has 9 nitrogen and oxygen atoms in total. The number of anilines is 1. The van der Waals surface area contributed by atoms with Crippen LogP contribution in [0.4, 0.5) is 14.9 Å². The molecule has 1 aliphatic rings. The Morgan fingerprint density at radius 2 is 1.61 bits per heavy atom. The fourth-order valence-corrected chi connectivity index (χ4v) is 12.5. The van der Waals surface area contributed by atoms with E-state index in [9.17, 15) is 14.0 Å². The average Bonchev–Trinajstić information content (AvgIpc) is 3.81. The van der Waals surface area contributed by atoms with E-state index < -0.39 is 31.9 Å². The molecule has 7 rings (SSSR count). The van der Waals surface area contributed by atoms with E-state index in [1.807, 2.05) is 53.1 Å². The number of fused-ring (bicyclic) bond motifs is 1. The summed E-state index contributed by atoms with van der Waals surface area (Å²) in [6.07, 6.45) is 3.57. The first-order valence-electron chi connectivity index (χ1n) is 20.0. The molecule has 2 heterocycles. The summed E-state index contributed by atoms with van der Waals surface area (Å²) in [7, 11) is -2.94. The number of aromatic nitrogens is 2. The third-order valence-electron chi connectivity index (χ3n) is 10.9. The van der Waals surface area contributed by atoms with Gasteiger partial charge < -0.3 is 18.6 Å². The van der Waals surface area contributed by atoms with Crippen molar-refractivity contribution in [3.63, 3.8) is 0 Å². The largest absolute Gasteiger partial charge is 0.534 e. The van der Waals surface area contributed by atoms with Crippen molar-refractivity contribution in [2.24, 2.45) is 0 Å². The van der Waals surface area contributed by atoms with Crippen LogP contribution in [0.1, 0.15) is 64.8 Å². The zero-order valence-corrected chi connectivity index (χ0v) is 35.5. The fraction of sp³-hybridized carbons (Fsp3) is 0.292. The second-order valence-corrected chi connectivity index (χ2v) is 21.3. The molecule has 0 radical (unpaired) electrons. The van der Waals surface area contributed by atoms with Crippen molar-refractivity contribution >= 4 is 47.2 Å². The third-order valence-corrected chi connectivity index (χ3v) is 15.9. The number of benzene rings is 5. The van der Waals surface area contributed by atoms with Crippen LogP contribution in [-0.4, -0.2) is 59.5 Å². The lowest BCUT2D eigenvalue weighted by Gasteiger charge is -2.43. The number of amides is 2. The van der Waals surface area contributed by atoms with Crippen LogP contribution in [0.5, 0.6) is 5.75 Å². The molecule has 6 aromatic rings. The zero-order chi connectivity index (χ0) is 42.0. The van der Waals surface area contributed by atoms with Gasteiger partial charge in [-0.25, -0.2) is 14.2 Å². The lowest BCUT2D eigenvalue weighted by molar-refractivity contribution is -0.121. The number of imidazole rings is 1. The van der Waals surface area contributed by atoms with E-state index in [-0.39, 0.29) is 23.1 Å². The first-order chi connectivity index (χ1) is 28.2. The van der Waals surface area contributed by atoms with E-state index in [0.717, 1.165) is 38.3 Å². The Balaban J connectivity index is 1.18. The molecule has 1 unspecified atom stereocenters. The zero-order valence-electron chi connectivity index (χ0n) is 34.5. The predicted molar refractivity (Wildman–Crippen MR) is 232 cm³/mol. The Kier molecular flexibility index (Phi) is 11.5. The summed E-state index contributed by atoms with van der Waals surface area (Å²) in [5.41, 5.74) is 1.42. The van der Waals surface area contributed by atoms with Crippen molar-refractivity contribution in [1.29, 1.82) is 5.26 Å². The summed E-state index contributed by atoms with van der Waals surface area (Å²) in [6, 6.07) is 38.7.